The van der Waals surface area contributed by atoms with E-state index in [9.17, 15) is 4.79 Å². The molecular weight excluding hydrogens is 322 g/mol. The number of carbonyl (C=O) groups is 1. The van der Waals surface area contributed by atoms with Crippen molar-refractivity contribution in [3.8, 4) is 5.75 Å². The highest BCUT2D eigenvalue weighted by Crippen LogP contribution is 2.22. The number of amides is 1. The van der Waals surface area contributed by atoms with Crippen LogP contribution in [0.3, 0.4) is 0 Å². The molecule has 0 fully saturated rings. The number of carbonyl (C=O) groups excluding carboxylic acids is 1. The fourth-order valence-electron chi connectivity index (χ4n) is 3.31. The predicted molar refractivity (Wildman–Crippen MR) is 102 cm³/mol. The molecule has 3 aromatic carbocycles. The van der Waals surface area contributed by atoms with Gasteiger partial charge in [0.1, 0.15) is 12.4 Å². The van der Waals surface area contributed by atoms with E-state index in [0.29, 0.717) is 18.7 Å². The molecule has 0 unspecified atom stereocenters. The zero-order chi connectivity index (χ0) is 17.8. The van der Waals surface area contributed by atoms with Crippen LogP contribution in [-0.2, 0) is 19.6 Å². The van der Waals surface area contributed by atoms with Crippen LogP contribution in [0.5, 0.6) is 5.75 Å². The molecule has 3 aromatic rings. The minimum Gasteiger partial charge on any atom is -0.489 e. The average molecular weight is 343 g/mol. The molecule has 0 bridgehead atoms. The maximum atomic E-state index is 12.9. The third kappa shape index (κ3) is 3.62. The summed E-state index contributed by atoms with van der Waals surface area (Å²) >= 11 is 0. The molecule has 3 nitrogen and oxygen atoms in total. The van der Waals surface area contributed by atoms with Crippen LogP contribution in [0.1, 0.15) is 27.0 Å². The second kappa shape index (κ2) is 7.44. The molecular formula is C23H21NO2. The molecule has 0 radical (unpaired) electrons. The van der Waals surface area contributed by atoms with Gasteiger partial charge in [-0.3, -0.25) is 4.79 Å². The minimum absolute atomic E-state index is 0.0599. The number of hydrogen-bond donors (Lipinski definition) is 0. The summed E-state index contributed by atoms with van der Waals surface area (Å²) in [6.45, 7) is 1.92. The van der Waals surface area contributed by atoms with Gasteiger partial charge in [-0.15, -0.1) is 0 Å². The van der Waals surface area contributed by atoms with Crippen molar-refractivity contribution in [2.24, 2.45) is 0 Å². The molecule has 0 N–H and O–H groups in total. The maximum absolute atomic E-state index is 12.9. The van der Waals surface area contributed by atoms with Gasteiger partial charge in [0.25, 0.3) is 5.91 Å². The third-order valence-corrected chi connectivity index (χ3v) is 4.75. The lowest BCUT2D eigenvalue weighted by atomic mass is 9.99. The lowest BCUT2D eigenvalue weighted by molar-refractivity contribution is 0.0734. The van der Waals surface area contributed by atoms with Crippen LogP contribution in [0.4, 0.5) is 0 Å². The number of nitrogens with zero attached hydrogens (tertiary/aromatic N) is 1. The number of benzene rings is 3. The summed E-state index contributed by atoms with van der Waals surface area (Å²) in [7, 11) is 0. The first kappa shape index (κ1) is 16.4. The SMILES string of the molecule is O=C(c1cccc(OCc2ccccc2)c1)N1CCc2ccccc2C1. The second-order valence-electron chi connectivity index (χ2n) is 6.55. The summed E-state index contributed by atoms with van der Waals surface area (Å²) in [5.41, 5.74) is 4.37. The molecule has 3 heteroatoms. The third-order valence-electron chi connectivity index (χ3n) is 4.75. The first-order chi connectivity index (χ1) is 12.8. The maximum Gasteiger partial charge on any atom is 0.254 e. The van der Waals surface area contributed by atoms with E-state index in [0.717, 1.165) is 24.3 Å². The highest BCUT2D eigenvalue weighted by atomic mass is 16.5. The van der Waals surface area contributed by atoms with E-state index in [1.165, 1.54) is 11.1 Å². The highest BCUT2D eigenvalue weighted by Gasteiger charge is 2.21. The Bertz CT molecular complexity index is 905. The number of ether oxygens (including phenoxy) is 1. The van der Waals surface area contributed by atoms with Crippen molar-refractivity contribution in [1.82, 2.24) is 4.90 Å². The van der Waals surface area contributed by atoms with Crippen LogP contribution in [0.25, 0.3) is 0 Å². The van der Waals surface area contributed by atoms with E-state index in [-0.39, 0.29) is 5.91 Å². The van der Waals surface area contributed by atoms with E-state index >= 15 is 0 Å². The second-order valence-corrected chi connectivity index (χ2v) is 6.55. The summed E-state index contributed by atoms with van der Waals surface area (Å²) in [4.78, 5) is 14.8. The summed E-state index contributed by atoms with van der Waals surface area (Å²) < 4.78 is 5.86. The Kier molecular flexibility index (Phi) is 4.69. The van der Waals surface area contributed by atoms with Crippen molar-refractivity contribution in [3.05, 3.63) is 101 Å². The highest BCUT2D eigenvalue weighted by molar-refractivity contribution is 5.94. The van der Waals surface area contributed by atoms with Crippen LogP contribution in [0, 0.1) is 0 Å². The molecule has 0 saturated carbocycles. The summed E-state index contributed by atoms with van der Waals surface area (Å²) in [5, 5.41) is 0. The molecule has 4 rings (SSSR count). The molecule has 0 aromatic heterocycles. The summed E-state index contributed by atoms with van der Waals surface area (Å²) in [5.74, 6) is 0.779. The van der Waals surface area contributed by atoms with Crippen molar-refractivity contribution < 1.29 is 9.53 Å². The fraction of sp³-hybridized carbons (Fsp3) is 0.174. The molecule has 1 heterocycles. The zero-order valence-corrected chi connectivity index (χ0v) is 14.6. The smallest absolute Gasteiger partial charge is 0.254 e. The molecule has 0 spiro atoms. The van der Waals surface area contributed by atoms with Crippen molar-refractivity contribution in [1.29, 1.82) is 0 Å². The fourth-order valence-corrected chi connectivity index (χ4v) is 3.31. The molecule has 1 aliphatic heterocycles. The van der Waals surface area contributed by atoms with Crippen LogP contribution in [0.2, 0.25) is 0 Å². The van der Waals surface area contributed by atoms with E-state index in [1.807, 2.05) is 65.6 Å². The van der Waals surface area contributed by atoms with Crippen LogP contribution < -0.4 is 4.74 Å². The van der Waals surface area contributed by atoms with E-state index < -0.39 is 0 Å². The molecule has 0 aliphatic carbocycles. The van der Waals surface area contributed by atoms with Gasteiger partial charge in [0.15, 0.2) is 0 Å². The quantitative estimate of drug-likeness (QED) is 0.700. The predicted octanol–water partition coefficient (Wildman–Crippen LogP) is 4.46. The van der Waals surface area contributed by atoms with Gasteiger partial charge >= 0.3 is 0 Å². The molecule has 1 aliphatic rings. The van der Waals surface area contributed by atoms with Gasteiger partial charge in [-0.1, -0.05) is 60.7 Å². The standard InChI is InChI=1S/C23H21NO2/c25-23(24-14-13-19-9-4-5-10-21(19)16-24)20-11-6-12-22(15-20)26-17-18-7-2-1-3-8-18/h1-12,15H,13-14,16-17H2. The normalized spacial score (nSPS) is 13.2. The van der Waals surface area contributed by atoms with Crippen LogP contribution in [-0.4, -0.2) is 17.4 Å². The Morgan fingerprint density at radius 1 is 0.885 bits per heavy atom. The summed E-state index contributed by atoms with van der Waals surface area (Å²) in [6, 6.07) is 25.8. The molecule has 0 saturated heterocycles. The van der Waals surface area contributed by atoms with Crippen molar-refractivity contribution in [2.45, 2.75) is 19.6 Å². The Hall–Kier alpha value is -3.07. The number of fused-ring (bicyclic) bond motifs is 1. The first-order valence-corrected chi connectivity index (χ1v) is 8.92. The number of hydrogen-bond acceptors (Lipinski definition) is 2. The largest absolute Gasteiger partial charge is 0.489 e. The van der Waals surface area contributed by atoms with Crippen molar-refractivity contribution >= 4 is 5.91 Å². The van der Waals surface area contributed by atoms with Gasteiger partial charge in [0, 0.05) is 18.7 Å². The van der Waals surface area contributed by atoms with Gasteiger partial charge in [-0.2, -0.15) is 0 Å². The Balaban J connectivity index is 1.45. The zero-order valence-electron chi connectivity index (χ0n) is 14.6. The first-order valence-electron chi connectivity index (χ1n) is 8.92. The van der Waals surface area contributed by atoms with Gasteiger partial charge in [-0.05, 0) is 41.3 Å². The number of rotatable bonds is 4. The van der Waals surface area contributed by atoms with Crippen LogP contribution in [0.15, 0.2) is 78.9 Å². The Morgan fingerprint density at radius 2 is 1.65 bits per heavy atom. The van der Waals surface area contributed by atoms with Crippen molar-refractivity contribution in [2.75, 3.05) is 6.54 Å². The van der Waals surface area contributed by atoms with E-state index in [1.54, 1.807) is 0 Å². The van der Waals surface area contributed by atoms with Gasteiger partial charge in [0.2, 0.25) is 0 Å². The Morgan fingerprint density at radius 3 is 2.50 bits per heavy atom. The molecule has 0 atom stereocenters. The average Bonchev–Trinajstić information content (AvgIpc) is 2.72. The Labute approximate surface area is 153 Å². The topological polar surface area (TPSA) is 29.5 Å². The van der Waals surface area contributed by atoms with E-state index in [2.05, 4.69) is 18.2 Å². The van der Waals surface area contributed by atoms with Gasteiger partial charge in [0.05, 0.1) is 0 Å². The van der Waals surface area contributed by atoms with Crippen LogP contribution >= 0.6 is 0 Å². The molecule has 1 amide bonds. The lowest BCUT2D eigenvalue weighted by Crippen LogP contribution is -2.35. The monoisotopic (exact) mass is 343 g/mol. The van der Waals surface area contributed by atoms with Gasteiger partial charge < -0.3 is 9.64 Å². The van der Waals surface area contributed by atoms with Gasteiger partial charge in [-0.25, -0.2) is 0 Å². The molecule has 130 valence electrons. The van der Waals surface area contributed by atoms with E-state index in [4.69, 9.17) is 4.74 Å². The lowest BCUT2D eigenvalue weighted by Gasteiger charge is -2.29. The molecule has 26 heavy (non-hydrogen) atoms. The van der Waals surface area contributed by atoms with Crippen molar-refractivity contribution in [3.63, 3.8) is 0 Å². The summed E-state index contributed by atoms with van der Waals surface area (Å²) in [6.07, 6.45) is 0.909. The minimum atomic E-state index is 0.0599.